The molecule has 0 unspecified atom stereocenters. The maximum atomic E-state index is 12.4. The van der Waals surface area contributed by atoms with Crippen LogP contribution < -0.4 is 9.47 Å². The summed E-state index contributed by atoms with van der Waals surface area (Å²) in [6, 6.07) is 18.8. The van der Waals surface area contributed by atoms with E-state index in [1.807, 2.05) is 12.1 Å². The van der Waals surface area contributed by atoms with Gasteiger partial charge in [-0.1, -0.05) is 45.0 Å². The molecule has 0 atom stereocenters. The van der Waals surface area contributed by atoms with E-state index in [0.29, 0.717) is 22.6 Å². The zero-order valence-corrected chi connectivity index (χ0v) is 18.5. The maximum absolute atomic E-state index is 12.4. The summed E-state index contributed by atoms with van der Waals surface area (Å²) in [7, 11) is 1.55. The molecule has 0 spiro atoms. The van der Waals surface area contributed by atoms with E-state index in [4.69, 9.17) is 9.47 Å². The van der Waals surface area contributed by atoms with Crippen molar-refractivity contribution in [3.63, 3.8) is 0 Å². The van der Waals surface area contributed by atoms with Crippen LogP contribution in [-0.4, -0.2) is 17.8 Å². The second-order valence-electron chi connectivity index (χ2n) is 8.29. The molecule has 0 saturated heterocycles. The van der Waals surface area contributed by atoms with Crippen LogP contribution in [0.5, 0.6) is 17.2 Å². The Hall–Kier alpha value is -3.93. The highest BCUT2D eigenvalue weighted by molar-refractivity contribution is 6.06. The van der Waals surface area contributed by atoms with E-state index in [0.717, 1.165) is 5.56 Å². The minimum absolute atomic E-state index is 0.00175. The molecule has 0 aliphatic rings. The molecule has 0 aromatic heterocycles. The first-order chi connectivity index (χ1) is 15.2. The summed E-state index contributed by atoms with van der Waals surface area (Å²) in [6.07, 6.45) is 2.92. The minimum Gasteiger partial charge on any atom is -0.497 e. The number of benzene rings is 3. The number of rotatable bonds is 7. The van der Waals surface area contributed by atoms with Crippen LogP contribution in [0.1, 0.15) is 42.3 Å². The number of nitrogens with zero attached hydrogens (tertiary/aromatic N) is 1. The molecule has 3 aromatic carbocycles. The second-order valence-corrected chi connectivity index (χ2v) is 8.29. The van der Waals surface area contributed by atoms with Crippen LogP contribution in [0.3, 0.4) is 0 Å². The van der Waals surface area contributed by atoms with Crippen LogP contribution >= 0.6 is 0 Å². The first-order valence-corrected chi connectivity index (χ1v) is 10.1. The molecule has 0 heterocycles. The lowest BCUT2D eigenvalue weighted by Gasteiger charge is -2.19. The normalized spacial score (nSPS) is 11.4. The van der Waals surface area contributed by atoms with Crippen LogP contribution in [0, 0.1) is 10.1 Å². The molecule has 0 radical (unpaired) electrons. The summed E-state index contributed by atoms with van der Waals surface area (Å²) in [5, 5.41) is 11.6. The van der Waals surface area contributed by atoms with Crippen molar-refractivity contribution in [2.24, 2.45) is 0 Å². The molecule has 0 fully saturated rings. The summed E-state index contributed by atoms with van der Waals surface area (Å²) in [4.78, 5) is 23.5. The summed E-state index contributed by atoms with van der Waals surface area (Å²) < 4.78 is 10.8. The van der Waals surface area contributed by atoms with E-state index in [2.05, 4.69) is 20.8 Å². The summed E-state index contributed by atoms with van der Waals surface area (Å²) in [5.74, 6) is 1.09. The Kier molecular flexibility index (Phi) is 6.73. The van der Waals surface area contributed by atoms with Crippen molar-refractivity contribution in [2.45, 2.75) is 26.2 Å². The molecule has 0 N–H and O–H groups in total. The van der Waals surface area contributed by atoms with Gasteiger partial charge in [-0.3, -0.25) is 14.9 Å². The number of nitro benzene ring substituents is 1. The van der Waals surface area contributed by atoms with Crippen LogP contribution in [0.15, 0.2) is 72.8 Å². The molecule has 0 bridgehead atoms. The van der Waals surface area contributed by atoms with Gasteiger partial charge in [-0.25, -0.2) is 0 Å². The SMILES string of the molecule is COc1ccc(C(=O)/C=C/c2ccc(Oc3ccc(C(C)(C)C)cc3)c([N+](=O)[O-])c2)cc1. The van der Waals surface area contributed by atoms with Gasteiger partial charge in [0.05, 0.1) is 12.0 Å². The maximum Gasteiger partial charge on any atom is 0.312 e. The Bertz CT molecular complexity index is 1140. The number of carbonyl (C=O) groups excluding carboxylic acids is 1. The van der Waals surface area contributed by atoms with Crippen molar-refractivity contribution in [3.05, 3.63) is 99.6 Å². The van der Waals surface area contributed by atoms with Gasteiger partial charge in [-0.2, -0.15) is 0 Å². The average Bonchev–Trinajstić information content (AvgIpc) is 2.77. The van der Waals surface area contributed by atoms with Crippen LogP contribution in [-0.2, 0) is 5.41 Å². The fourth-order valence-corrected chi connectivity index (χ4v) is 3.04. The predicted octanol–water partition coefficient (Wildman–Crippen LogP) is 6.59. The second kappa shape index (κ2) is 9.47. The topological polar surface area (TPSA) is 78.7 Å². The third-order valence-electron chi connectivity index (χ3n) is 4.93. The highest BCUT2D eigenvalue weighted by Crippen LogP contribution is 2.33. The van der Waals surface area contributed by atoms with Crippen molar-refractivity contribution in [2.75, 3.05) is 7.11 Å². The fraction of sp³-hybridized carbons (Fsp3) is 0.192. The van der Waals surface area contributed by atoms with Gasteiger partial charge in [0, 0.05) is 11.6 Å². The lowest BCUT2D eigenvalue weighted by molar-refractivity contribution is -0.385. The number of nitro groups is 1. The van der Waals surface area contributed by atoms with E-state index in [1.54, 1.807) is 55.7 Å². The van der Waals surface area contributed by atoms with Crippen LogP contribution in [0.2, 0.25) is 0 Å². The lowest BCUT2D eigenvalue weighted by Crippen LogP contribution is -2.10. The quantitative estimate of drug-likeness (QED) is 0.182. The van der Waals surface area contributed by atoms with Gasteiger partial charge in [-0.15, -0.1) is 0 Å². The Labute approximate surface area is 187 Å². The molecule has 3 aromatic rings. The highest BCUT2D eigenvalue weighted by atomic mass is 16.6. The largest absolute Gasteiger partial charge is 0.497 e. The van der Waals surface area contributed by atoms with Gasteiger partial charge >= 0.3 is 5.69 Å². The minimum atomic E-state index is -0.499. The molecular formula is C26H25NO5. The Morgan fingerprint density at radius 3 is 2.12 bits per heavy atom. The van der Waals surface area contributed by atoms with Gasteiger partial charge in [0.1, 0.15) is 11.5 Å². The molecule has 6 nitrogen and oxygen atoms in total. The molecule has 164 valence electrons. The molecular weight excluding hydrogens is 406 g/mol. The number of allylic oxidation sites excluding steroid dienone is 1. The van der Waals surface area contributed by atoms with E-state index in [1.165, 1.54) is 18.2 Å². The zero-order chi connectivity index (χ0) is 23.3. The molecule has 3 rings (SSSR count). The molecule has 32 heavy (non-hydrogen) atoms. The van der Waals surface area contributed by atoms with Crippen molar-refractivity contribution in [1.82, 2.24) is 0 Å². The van der Waals surface area contributed by atoms with Gasteiger partial charge in [0.15, 0.2) is 5.78 Å². The molecule has 0 aliphatic carbocycles. The Balaban J connectivity index is 1.78. The molecule has 0 amide bonds. The first kappa shape index (κ1) is 22.7. The Morgan fingerprint density at radius 1 is 0.938 bits per heavy atom. The van der Waals surface area contributed by atoms with Gasteiger partial charge < -0.3 is 9.47 Å². The molecule has 6 heteroatoms. The standard InChI is InChI=1S/C26H25NO5/c1-26(2,3)20-9-13-22(14-10-20)32-25-16-6-18(17-23(25)27(29)30)5-15-24(28)19-7-11-21(31-4)12-8-19/h5-17H,1-4H3/b15-5+. The van der Waals surface area contributed by atoms with Gasteiger partial charge in [-0.05, 0) is 65.1 Å². The highest BCUT2D eigenvalue weighted by Gasteiger charge is 2.18. The van der Waals surface area contributed by atoms with Crippen molar-refractivity contribution in [1.29, 1.82) is 0 Å². The van der Waals surface area contributed by atoms with E-state index >= 15 is 0 Å². The van der Waals surface area contributed by atoms with E-state index in [9.17, 15) is 14.9 Å². The first-order valence-electron chi connectivity index (χ1n) is 10.1. The van der Waals surface area contributed by atoms with Gasteiger partial charge in [0.25, 0.3) is 0 Å². The zero-order valence-electron chi connectivity index (χ0n) is 18.5. The van der Waals surface area contributed by atoms with Crippen molar-refractivity contribution < 1.29 is 19.2 Å². The van der Waals surface area contributed by atoms with Crippen LogP contribution in [0.25, 0.3) is 6.08 Å². The molecule has 0 saturated carbocycles. The summed E-state index contributed by atoms with van der Waals surface area (Å²) in [5.41, 5.74) is 1.98. The number of methoxy groups -OCH3 is 1. The lowest BCUT2D eigenvalue weighted by atomic mass is 9.87. The number of hydrogen-bond donors (Lipinski definition) is 0. The van der Waals surface area contributed by atoms with Gasteiger partial charge in [0.2, 0.25) is 5.75 Å². The number of ketones is 1. The monoisotopic (exact) mass is 431 g/mol. The average molecular weight is 431 g/mol. The number of ether oxygens (including phenoxy) is 2. The third-order valence-corrected chi connectivity index (χ3v) is 4.93. The number of carbonyl (C=O) groups is 1. The van der Waals surface area contributed by atoms with Crippen molar-refractivity contribution >= 4 is 17.5 Å². The van der Waals surface area contributed by atoms with E-state index < -0.39 is 4.92 Å². The smallest absolute Gasteiger partial charge is 0.312 e. The number of hydrogen-bond acceptors (Lipinski definition) is 5. The predicted molar refractivity (Wildman–Crippen MR) is 125 cm³/mol. The third kappa shape index (κ3) is 5.60. The summed E-state index contributed by atoms with van der Waals surface area (Å²) >= 11 is 0. The fourth-order valence-electron chi connectivity index (χ4n) is 3.04. The Morgan fingerprint density at radius 2 is 1.56 bits per heavy atom. The summed E-state index contributed by atoms with van der Waals surface area (Å²) in [6.45, 7) is 6.33. The van der Waals surface area contributed by atoms with Crippen molar-refractivity contribution in [3.8, 4) is 17.2 Å². The van der Waals surface area contributed by atoms with Crippen LogP contribution in [0.4, 0.5) is 5.69 Å². The van der Waals surface area contributed by atoms with E-state index in [-0.39, 0.29) is 22.6 Å². The molecule has 0 aliphatic heterocycles.